The second-order valence-electron chi connectivity index (χ2n) is 6.73. The topological polar surface area (TPSA) is 41.1 Å². The molecule has 1 aliphatic heterocycles. The smallest absolute Gasteiger partial charge is 0.227 e. The van der Waals surface area contributed by atoms with E-state index in [2.05, 4.69) is 53.3 Å². The number of rotatable bonds is 4. The molecule has 4 nitrogen and oxygen atoms in total. The summed E-state index contributed by atoms with van der Waals surface area (Å²) in [5, 5.41) is 3.43. The number of nitrogens with one attached hydrogen (secondary N) is 1. The Hall–Kier alpha value is -2.10. The van der Waals surface area contributed by atoms with Gasteiger partial charge in [-0.2, -0.15) is 4.98 Å². The van der Waals surface area contributed by atoms with Gasteiger partial charge in [0.15, 0.2) is 0 Å². The number of piperidine rings is 1. The molecule has 0 aliphatic carbocycles. The van der Waals surface area contributed by atoms with Crippen LogP contribution in [-0.4, -0.2) is 23.1 Å². The Morgan fingerprint density at radius 2 is 1.96 bits per heavy atom. The van der Waals surface area contributed by atoms with Crippen LogP contribution in [0.25, 0.3) is 0 Å². The molecule has 0 spiro atoms. The van der Waals surface area contributed by atoms with Crippen LogP contribution in [0.15, 0.2) is 30.3 Å². The summed E-state index contributed by atoms with van der Waals surface area (Å²) in [5.41, 5.74) is 3.56. The van der Waals surface area contributed by atoms with Gasteiger partial charge >= 0.3 is 0 Å². The number of nitrogens with zero attached hydrogens (tertiary/aromatic N) is 3. The van der Waals surface area contributed by atoms with Crippen molar-refractivity contribution < 1.29 is 0 Å². The number of aryl methyl sites for hydroxylation is 2. The van der Waals surface area contributed by atoms with Gasteiger partial charge in [-0.05, 0) is 38.2 Å². The van der Waals surface area contributed by atoms with Crippen molar-refractivity contribution in [1.29, 1.82) is 0 Å². The molecular weight excluding hydrogens is 284 g/mol. The number of hydrogen-bond acceptors (Lipinski definition) is 4. The summed E-state index contributed by atoms with van der Waals surface area (Å²) in [6, 6.07) is 10.6. The Labute approximate surface area is 139 Å². The lowest BCUT2D eigenvalue weighted by Gasteiger charge is -2.31. The van der Waals surface area contributed by atoms with E-state index in [1.165, 1.54) is 24.0 Å². The summed E-state index contributed by atoms with van der Waals surface area (Å²) in [6.45, 7) is 9.35. The molecule has 0 bridgehead atoms. The molecule has 4 heteroatoms. The lowest BCUT2D eigenvalue weighted by Crippen LogP contribution is -2.35. The van der Waals surface area contributed by atoms with Crippen LogP contribution in [-0.2, 0) is 6.54 Å². The van der Waals surface area contributed by atoms with Crippen molar-refractivity contribution in [2.75, 3.05) is 23.3 Å². The molecular formula is C19H26N4. The molecule has 1 saturated heterocycles. The van der Waals surface area contributed by atoms with Gasteiger partial charge < -0.3 is 10.2 Å². The Bertz CT molecular complexity index is 651. The average molecular weight is 310 g/mol. The predicted molar refractivity (Wildman–Crippen MR) is 95.9 cm³/mol. The third kappa shape index (κ3) is 4.21. The molecule has 1 aliphatic rings. The van der Waals surface area contributed by atoms with Gasteiger partial charge in [0, 0.05) is 31.4 Å². The van der Waals surface area contributed by atoms with Crippen LogP contribution in [0.3, 0.4) is 0 Å². The molecule has 1 atom stereocenters. The first kappa shape index (κ1) is 15.8. The fourth-order valence-electron chi connectivity index (χ4n) is 3.05. The van der Waals surface area contributed by atoms with E-state index in [0.29, 0.717) is 0 Å². The highest BCUT2D eigenvalue weighted by atomic mass is 15.3. The van der Waals surface area contributed by atoms with E-state index >= 15 is 0 Å². The minimum absolute atomic E-state index is 0.719. The van der Waals surface area contributed by atoms with E-state index in [9.17, 15) is 0 Å². The molecule has 3 rings (SSSR count). The van der Waals surface area contributed by atoms with Crippen molar-refractivity contribution in [3.05, 3.63) is 47.2 Å². The van der Waals surface area contributed by atoms with Gasteiger partial charge in [-0.1, -0.05) is 36.8 Å². The lowest BCUT2D eigenvalue weighted by atomic mass is 10.0. The second kappa shape index (κ2) is 6.99. The number of hydrogen-bond donors (Lipinski definition) is 1. The minimum Gasteiger partial charge on any atom is -0.366 e. The lowest BCUT2D eigenvalue weighted by molar-refractivity contribution is 0.442. The van der Waals surface area contributed by atoms with Crippen molar-refractivity contribution in [3.63, 3.8) is 0 Å². The largest absolute Gasteiger partial charge is 0.366 e. The highest BCUT2D eigenvalue weighted by Gasteiger charge is 2.19. The minimum atomic E-state index is 0.719. The highest BCUT2D eigenvalue weighted by molar-refractivity contribution is 5.44. The fourth-order valence-corrected chi connectivity index (χ4v) is 3.05. The van der Waals surface area contributed by atoms with E-state index in [1.54, 1.807) is 0 Å². The maximum atomic E-state index is 4.73. The molecule has 1 fully saturated rings. The van der Waals surface area contributed by atoms with Gasteiger partial charge in [0.05, 0.1) is 0 Å². The second-order valence-corrected chi connectivity index (χ2v) is 6.73. The van der Waals surface area contributed by atoms with Crippen molar-refractivity contribution >= 4 is 11.8 Å². The van der Waals surface area contributed by atoms with Crippen LogP contribution in [0, 0.1) is 19.8 Å². The van der Waals surface area contributed by atoms with Gasteiger partial charge in [0.25, 0.3) is 0 Å². The first-order valence-electron chi connectivity index (χ1n) is 8.50. The Morgan fingerprint density at radius 1 is 1.17 bits per heavy atom. The molecule has 1 aromatic heterocycles. The number of anilines is 2. The number of aromatic nitrogens is 2. The third-order valence-electron chi connectivity index (χ3n) is 4.38. The van der Waals surface area contributed by atoms with E-state index in [4.69, 9.17) is 4.98 Å². The van der Waals surface area contributed by atoms with E-state index in [0.717, 1.165) is 43.0 Å². The van der Waals surface area contributed by atoms with Gasteiger partial charge in [0.1, 0.15) is 5.82 Å². The fraction of sp³-hybridized carbons (Fsp3) is 0.474. The van der Waals surface area contributed by atoms with E-state index < -0.39 is 0 Å². The highest BCUT2D eigenvalue weighted by Crippen LogP contribution is 2.21. The molecule has 23 heavy (non-hydrogen) atoms. The van der Waals surface area contributed by atoms with Crippen molar-refractivity contribution in [2.45, 2.75) is 40.2 Å². The average Bonchev–Trinajstić information content (AvgIpc) is 2.54. The van der Waals surface area contributed by atoms with Crippen molar-refractivity contribution in [1.82, 2.24) is 9.97 Å². The Morgan fingerprint density at radius 3 is 2.70 bits per heavy atom. The normalized spacial score (nSPS) is 18.0. The summed E-state index contributed by atoms with van der Waals surface area (Å²) in [6.07, 6.45) is 2.53. The predicted octanol–water partition coefficient (Wildman–Crippen LogP) is 3.94. The first-order chi connectivity index (χ1) is 11.1. The van der Waals surface area contributed by atoms with Crippen molar-refractivity contribution in [2.24, 2.45) is 5.92 Å². The Kier molecular flexibility index (Phi) is 4.79. The van der Waals surface area contributed by atoms with Crippen LogP contribution >= 0.6 is 0 Å². The zero-order chi connectivity index (χ0) is 16.2. The monoisotopic (exact) mass is 310 g/mol. The SMILES string of the molecule is Cc1ccc(CNc2cc(C)nc(N3CCCC(C)C3)n2)cc1. The maximum Gasteiger partial charge on any atom is 0.227 e. The zero-order valence-electron chi connectivity index (χ0n) is 14.3. The van der Waals surface area contributed by atoms with Crippen molar-refractivity contribution in [3.8, 4) is 0 Å². The van der Waals surface area contributed by atoms with E-state index in [-0.39, 0.29) is 0 Å². The quantitative estimate of drug-likeness (QED) is 0.928. The molecule has 0 saturated carbocycles. The van der Waals surface area contributed by atoms with Crippen LogP contribution < -0.4 is 10.2 Å². The first-order valence-corrected chi connectivity index (χ1v) is 8.50. The van der Waals surface area contributed by atoms with Crippen LogP contribution in [0.1, 0.15) is 36.6 Å². The molecule has 1 N–H and O–H groups in total. The third-order valence-corrected chi connectivity index (χ3v) is 4.38. The van der Waals surface area contributed by atoms with Gasteiger partial charge in [-0.15, -0.1) is 0 Å². The van der Waals surface area contributed by atoms with Crippen LogP contribution in [0.2, 0.25) is 0 Å². The van der Waals surface area contributed by atoms with Crippen LogP contribution in [0.5, 0.6) is 0 Å². The standard InChI is InChI=1S/C19H26N4/c1-14-6-8-17(9-7-14)12-20-18-11-16(3)21-19(22-18)23-10-4-5-15(2)13-23/h6-9,11,15H,4-5,10,12-13H2,1-3H3,(H,20,21,22). The van der Waals surface area contributed by atoms with Gasteiger partial charge in [0.2, 0.25) is 5.95 Å². The summed E-state index contributed by atoms with van der Waals surface area (Å²) in [7, 11) is 0. The number of benzene rings is 1. The summed E-state index contributed by atoms with van der Waals surface area (Å²) in [5.74, 6) is 2.49. The summed E-state index contributed by atoms with van der Waals surface area (Å²) < 4.78 is 0. The molecule has 0 amide bonds. The molecule has 2 heterocycles. The Balaban J connectivity index is 1.71. The summed E-state index contributed by atoms with van der Waals surface area (Å²) in [4.78, 5) is 11.7. The van der Waals surface area contributed by atoms with E-state index in [1.807, 2.05) is 13.0 Å². The van der Waals surface area contributed by atoms with Gasteiger partial charge in [-0.25, -0.2) is 4.98 Å². The van der Waals surface area contributed by atoms with Crippen LogP contribution in [0.4, 0.5) is 11.8 Å². The molecule has 2 aromatic rings. The molecule has 0 radical (unpaired) electrons. The zero-order valence-corrected chi connectivity index (χ0v) is 14.3. The maximum absolute atomic E-state index is 4.73. The summed E-state index contributed by atoms with van der Waals surface area (Å²) >= 11 is 0. The molecule has 1 unspecified atom stereocenters. The van der Waals surface area contributed by atoms with Gasteiger partial charge in [-0.3, -0.25) is 0 Å². The molecule has 1 aromatic carbocycles. The molecule has 122 valence electrons.